The average molecular weight is 363 g/mol. The van der Waals surface area contributed by atoms with E-state index < -0.39 is 0 Å². The van der Waals surface area contributed by atoms with Crippen molar-refractivity contribution in [2.45, 2.75) is 12.0 Å². The molecule has 1 aliphatic rings. The molecule has 2 aromatic carbocycles. The van der Waals surface area contributed by atoms with E-state index in [4.69, 9.17) is 10.5 Å². The Morgan fingerprint density at radius 3 is 2.74 bits per heavy atom. The molecule has 0 radical (unpaired) electrons. The monoisotopic (exact) mass is 363 g/mol. The maximum atomic E-state index is 12.9. The van der Waals surface area contributed by atoms with Crippen molar-refractivity contribution in [3.63, 3.8) is 0 Å². The summed E-state index contributed by atoms with van der Waals surface area (Å²) < 4.78 is 6.90. The number of para-hydroxylation sites is 1. The molecule has 1 saturated heterocycles. The second-order valence-electron chi connectivity index (χ2n) is 6.64. The lowest BCUT2D eigenvalue weighted by Crippen LogP contribution is -2.32. The van der Waals surface area contributed by atoms with Crippen LogP contribution in [0, 0.1) is 0 Å². The third-order valence-electron chi connectivity index (χ3n) is 4.91. The zero-order chi connectivity index (χ0) is 18.8. The number of aromatic nitrogens is 3. The fraction of sp³-hybridized carbons (Fsp3) is 0.250. The van der Waals surface area contributed by atoms with Crippen LogP contribution in [0.1, 0.15) is 22.0 Å². The van der Waals surface area contributed by atoms with Gasteiger partial charge in [0.05, 0.1) is 19.0 Å². The Labute approximate surface area is 157 Å². The number of hydrogen-bond acceptors (Lipinski definition) is 5. The summed E-state index contributed by atoms with van der Waals surface area (Å²) in [5.74, 6) is 0.696. The number of nitrogens with zero attached hydrogens (tertiary/aromatic N) is 4. The summed E-state index contributed by atoms with van der Waals surface area (Å²) in [6, 6.07) is 17.3. The molecule has 0 spiro atoms. The first-order valence-electron chi connectivity index (χ1n) is 8.82. The summed E-state index contributed by atoms with van der Waals surface area (Å²) >= 11 is 0. The average Bonchev–Trinajstić information content (AvgIpc) is 3.35. The van der Waals surface area contributed by atoms with Gasteiger partial charge >= 0.3 is 0 Å². The molecule has 1 fully saturated rings. The number of rotatable bonds is 4. The van der Waals surface area contributed by atoms with Gasteiger partial charge in [0.1, 0.15) is 5.75 Å². The van der Waals surface area contributed by atoms with Crippen LogP contribution in [-0.4, -0.2) is 52.0 Å². The summed E-state index contributed by atoms with van der Waals surface area (Å²) in [5, 5.41) is 8.12. The van der Waals surface area contributed by atoms with Crippen molar-refractivity contribution in [3.05, 3.63) is 72.1 Å². The number of benzene rings is 2. The summed E-state index contributed by atoms with van der Waals surface area (Å²) in [4.78, 5) is 14.6. The second kappa shape index (κ2) is 7.20. The normalized spacial score (nSPS) is 19.3. The zero-order valence-electron chi connectivity index (χ0n) is 15.0. The molecule has 2 atom stereocenters. The lowest BCUT2D eigenvalue weighted by molar-refractivity contribution is 0.0783. The SMILES string of the molecule is COc1cccc([C@H]2CN(C(=O)c3cn(-c4ccccc4)nn3)C[C@@H]2N)c1. The van der Waals surface area contributed by atoms with Crippen LogP contribution in [-0.2, 0) is 0 Å². The highest BCUT2D eigenvalue weighted by atomic mass is 16.5. The van der Waals surface area contributed by atoms with E-state index in [9.17, 15) is 4.79 Å². The molecule has 0 bridgehead atoms. The molecule has 1 amide bonds. The van der Waals surface area contributed by atoms with Crippen molar-refractivity contribution in [2.75, 3.05) is 20.2 Å². The van der Waals surface area contributed by atoms with Crippen molar-refractivity contribution in [1.82, 2.24) is 19.9 Å². The van der Waals surface area contributed by atoms with Crippen molar-refractivity contribution in [1.29, 1.82) is 0 Å². The Morgan fingerprint density at radius 2 is 1.96 bits per heavy atom. The highest BCUT2D eigenvalue weighted by Crippen LogP contribution is 2.29. The first-order valence-corrected chi connectivity index (χ1v) is 8.82. The van der Waals surface area contributed by atoms with Gasteiger partial charge in [0.25, 0.3) is 5.91 Å². The van der Waals surface area contributed by atoms with Crippen LogP contribution in [0.15, 0.2) is 60.8 Å². The fourth-order valence-corrected chi connectivity index (χ4v) is 3.45. The topological polar surface area (TPSA) is 86.3 Å². The number of likely N-dealkylation sites (tertiary alicyclic amines) is 1. The van der Waals surface area contributed by atoms with Gasteiger partial charge in [0.2, 0.25) is 0 Å². The van der Waals surface area contributed by atoms with Crippen LogP contribution in [0.2, 0.25) is 0 Å². The molecule has 3 aromatic rings. The van der Waals surface area contributed by atoms with Gasteiger partial charge in [0, 0.05) is 25.0 Å². The van der Waals surface area contributed by atoms with Gasteiger partial charge in [-0.25, -0.2) is 4.68 Å². The van der Waals surface area contributed by atoms with E-state index in [2.05, 4.69) is 10.3 Å². The minimum Gasteiger partial charge on any atom is -0.497 e. The summed E-state index contributed by atoms with van der Waals surface area (Å²) in [6.45, 7) is 1.03. The Bertz CT molecular complexity index is 940. The highest BCUT2D eigenvalue weighted by molar-refractivity contribution is 5.92. The van der Waals surface area contributed by atoms with Crippen LogP contribution in [0.3, 0.4) is 0 Å². The van der Waals surface area contributed by atoms with E-state index in [-0.39, 0.29) is 17.9 Å². The van der Waals surface area contributed by atoms with Gasteiger partial charge in [-0.3, -0.25) is 4.79 Å². The predicted molar refractivity (Wildman–Crippen MR) is 101 cm³/mol. The molecule has 4 rings (SSSR count). The third-order valence-corrected chi connectivity index (χ3v) is 4.91. The largest absolute Gasteiger partial charge is 0.497 e. The number of carbonyl (C=O) groups excluding carboxylic acids is 1. The molecule has 27 heavy (non-hydrogen) atoms. The minimum absolute atomic E-state index is 0.0632. The van der Waals surface area contributed by atoms with E-state index in [0.29, 0.717) is 18.8 Å². The fourth-order valence-electron chi connectivity index (χ4n) is 3.45. The number of methoxy groups -OCH3 is 1. The summed E-state index contributed by atoms with van der Waals surface area (Å²) in [6.07, 6.45) is 1.65. The number of ether oxygens (including phenoxy) is 1. The van der Waals surface area contributed by atoms with Gasteiger partial charge in [-0.2, -0.15) is 0 Å². The van der Waals surface area contributed by atoms with Crippen molar-refractivity contribution >= 4 is 5.91 Å². The molecule has 0 saturated carbocycles. The first kappa shape index (κ1) is 17.2. The predicted octanol–water partition coefficient (Wildman–Crippen LogP) is 1.84. The van der Waals surface area contributed by atoms with Crippen LogP contribution < -0.4 is 10.5 Å². The molecule has 138 valence electrons. The Balaban J connectivity index is 1.51. The van der Waals surface area contributed by atoms with Crippen molar-refractivity contribution in [3.8, 4) is 11.4 Å². The lowest BCUT2D eigenvalue weighted by atomic mass is 9.95. The van der Waals surface area contributed by atoms with E-state index in [1.807, 2.05) is 54.6 Å². The number of amides is 1. The molecule has 0 unspecified atom stereocenters. The van der Waals surface area contributed by atoms with Crippen LogP contribution in [0.5, 0.6) is 5.75 Å². The molecule has 0 aliphatic carbocycles. The lowest BCUT2D eigenvalue weighted by Gasteiger charge is -2.16. The second-order valence-corrected chi connectivity index (χ2v) is 6.64. The van der Waals surface area contributed by atoms with E-state index >= 15 is 0 Å². The number of nitrogens with two attached hydrogens (primary N) is 1. The molecule has 1 aromatic heterocycles. The van der Waals surface area contributed by atoms with Gasteiger partial charge in [0.15, 0.2) is 5.69 Å². The first-order chi connectivity index (χ1) is 13.2. The van der Waals surface area contributed by atoms with E-state index in [0.717, 1.165) is 17.0 Å². The highest BCUT2D eigenvalue weighted by Gasteiger charge is 2.35. The van der Waals surface area contributed by atoms with Crippen LogP contribution in [0.25, 0.3) is 5.69 Å². The third kappa shape index (κ3) is 3.41. The van der Waals surface area contributed by atoms with Gasteiger partial charge in [-0.15, -0.1) is 5.10 Å². The molecule has 1 aliphatic heterocycles. The molecular weight excluding hydrogens is 342 g/mol. The van der Waals surface area contributed by atoms with Crippen molar-refractivity contribution in [2.24, 2.45) is 5.73 Å². The number of carbonyl (C=O) groups is 1. The quantitative estimate of drug-likeness (QED) is 0.764. The smallest absolute Gasteiger partial charge is 0.276 e. The van der Waals surface area contributed by atoms with Crippen molar-refractivity contribution < 1.29 is 9.53 Å². The van der Waals surface area contributed by atoms with Crippen LogP contribution in [0.4, 0.5) is 0 Å². The van der Waals surface area contributed by atoms with E-state index in [1.54, 1.807) is 22.9 Å². The molecule has 7 nitrogen and oxygen atoms in total. The minimum atomic E-state index is -0.155. The number of hydrogen-bond donors (Lipinski definition) is 1. The maximum Gasteiger partial charge on any atom is 0.276 e. The summed E-state index contributed by atoms with van der Waals surface area (Å²) in [7, 11) is 1.64. The molecule has 2 N–H and O–H groups in total. The molecular formula is C20H21N5O2. The van der Waals surface area contributed by atoms with E-state index in [1.165, 1.54) is 0 Å². The van der Waals surface area contributed by atoms with Gasteiger partial charge < -0.3 is 15.4 Å². The molecule has 7 heteroatoms. The standard InChI is InChI=1S/C20H21N5O2/c1-27-16-9-5-6-14(10-16)17-11-24(12-18(17)21)20(26)19-13-25(23-22-19)15-7-3-2-4-8-15/h2-10,13,17-18H,11-12,21H2,1H3/t17-,18+/m1/s1. The van der Waals surface area contributed by atoms with Gasteiger partial charge in [-0.1, -0.05) is 35.5 Å². The Hall–Kier alpha value is -3.19. The zero-order valence-corrected chi connectivity index (χ0v) is 15.0. The van der Waals surface area contributed by atoms with Gasteiger partial charge in [-0.05, 0) is 29.8 Å². The Kier molecular flexibility index (Phi) is 4.60. The maximum absolute atomic E-state index is 12.9. The Morgan fingerprint density at radius 1 is 1.15 bits per heavy atom. The summed E-state index contributed by atoms with van der Waals surface area (Å²) in [5.41, 5.74) is 8.58. The molecule has 2 heterocycles. The van der Waals surface area contributed by atoms with Crippen LogP contribution >= 0.6 is 0 Å².